The second-order valence-electron chi connectivity index (χ2n) is 7.58. The highest BCUT2D eigenvalue weighted by Gasteiger charge is 2.31. The van der Waals surface area contributed by atoms with Crippen LogP contribution in [-0.4, -0.2) is 54.1 Å². The van der Waals surface area contributed by atoms with Crippen LogP contribution < -0.4 is 4.74 Å². The molecular weight excluding hydrogens is 348 g/mol. The first-order valence-electron chi connectivity index (χ1n) is 9.55. The fourth-order valence-corrected chi connectivity index (χ4v) is 3.36. The van der Waals surface area contributed by atoms with Gasteiger partial charge in [0.2, 0.25) is 0 Å². The Bertz CT molecular complexity index is 560. The summed E-state index contributed by atoms with van der Waals surface area (Å²) in [5.74, 6) is 2.30. The lowest BCUT2D eigenvalue weighted by Gasteiger charge is -2.37. The van der Waals surface area contributed by atoms with Gasteiger partial charge in [0.1, 0.15) is 12.4 Å². The molecule has 0 saturated heterocycles. The van der Waals surface area contributed by atoms with Gasteiger partial charge in [-0.2, -0.15) is 0 Å². The summed E-state index contributed by atoms with van der Waals surface area (Å²) in [6.45, 7) is 6.78. The minimum absolute atomic E-state index is 0.0399. The van der Waals surface area contributed by atoms with Crippen molar-refractivity contribution in [2.45, 2.75) is 52.2 Å². The van der Waals surface area contributed by atoms with Gasteiger partial charge in [-0.05, 0) is 48.8 Å². The largest absolute Gasteiger partial charge is 0.504 e. The molecule has 0 heterocycles. The van der Waals surface area contributed by atoms with Gasteiger partial charge in [0.25, 0.3) is 0 Å². The molecule has 27 heavy (non-hydrogen) atoms. The van der Waals surface area contributed by atoms with Crippen LogP contribution >= 0.6 is 0 Å². The van der Waals surface area contributed by atoms with Gasteiger partial charge in [-0.25, -0.2) is 0 Å². The van der Waals surface area contributed by atoms with Crippen molar-refractivity contribution in [3.8, 4) is 11.5 Å². The topological polar surface area (TPSA) is 96.2 Å². The number of benzene rings is 1. The van der Waals surface area contributed by atoms with Crippen LogP contribution in [0.1, 0.15) is 50.4 Å². The molecule has 6 nitrogen and oxygen atoms in total. The Labute approximate surface area is 162 Å². The molecule has 4 unspecified atom stereocenters. The summed E-state index contributed by atoms with van der Waals surface area (Å²) in [5, 5.41) is 27.2. The van der Waals surface area contributed by atoms with Crippen molar-refractivity contribution in [1.82, 2.24) is 0 Å². The van der Waals surface area contributed by atoms with Gasteiger partial charge in [-0.1, -0.05) is 27.2 Å². The standard InChI is InChI=1S/C13H26O3.C8H8O3/c1-9(2)12-5-4-10(3)6-13(12)16-8-11(15)7-14;1-11-8-4-6(5-9)2-3-7(8)10/h9-15H,4-8H2,1-3H3;2-5,10H,1H3. The molecule has 1 saturated carbocycles. The number of aldehydes is 1. The number of hydrogen-bond donors (Lipinski definition) is 3. The average Bonchev–Trinajstić information content (AvgIpc) is 2.66. The van der Waals surface area contributed by atoms with Crippen molar-refractivity contribution in [3.05, 3.63) is 23.8 Å². The van der Waals surface area contributed by atoms with E-state index in [2.05, 4.69) is 20.8 Å². The van der Waals surface area contributed by atoms with Crippen LogP contribution in [0, 0.1) is 17.8 Å². The highest BCUT2D eigenvalue weighted by Crippen LogP contribution is 2.35. The number of phenolic OH excluding ortho intramolecular Hbond substituents is 1. The van der Waals surface area contributed by atoms with Crippen LogP contribution in [0.4, 0.5) is 0 Å². The SMILES string of the molecule is CC1CCC(C(C)C)C(OCC(O)CO)C1.COc1cc(C=O)ccc1O. The molecule has 1 fully saturated rings. The first kappa shape index (κ1) is 23.4. The Balaban J connectivity index is 0.000000289. The number of rotatable bonds is 7. The molecule has 3 N–H and O–H groups in total. The third kappa shape index (κ3) is 7.87. The molecular formula is C21H34O6. The summed E-state index contributed by atoms with van der Waals surface area (Å²) in [5.41, 5.74) is 0.486. The number of phenols is 1. The van der Waals surface area contributed by atoms with Crippen molar-refractivity contribution >= 4 is 6.29 Å². The highest BCUT2D eigenvalue weighted by molar-refractivity contribution is 5.76. The van der Waals surface area contributed by atoms with Crippen LogP contribution in [0.25, 0.3) is 0 Å². The van der Waals surface area contributed by atoms with E-state index in [1.165, 1.54) is 38.2 Å². The molecule has 0 radical (unpaired) electrons. The van der Waals surface area contributed by atoms with Gasteiger partial charge < -0.3 is 24.8 Å². The molecule has 0 aliphatic heterocycles. The van der Waals surface area contributed by atoms with Crippen LogP contribution in [0.15, 0.2) is 18.2 Å². The first-order valence-corrected chi connectivity index (χ1v) is 9.55. The number of ether oxygens (including phenoxy) is 2. The summed E-state index contributed by atoms with van der Waals surface area (Å²) in [4.78, 5) is 10.2. The zero-order valence-electron chi connectivity index (χ0n) is 16.8. The highest BCUT2D eigenvalue weighted by atomic mass is 16.5. The molecule has 6 heteroatoms. The predicted octanol–water partition coefficient (Wildman–Crippen LogP) is 3.03. The molecule has 1 aromatic rings. The Morgan fingerprint density at radius 2 is 2.00 bits per heavy atom. The summed E-state index contributed by atoms with van der Waals surface area (Å²) >= 11 is 0. The summed E-state index contributed by atoms with van der Waals surface area (Å²) in [6.07, 6.45) is 3.81. The Hall–Kier alpha value is -1.63. The number of carbonyl (C=O) groups excluding carboxylic acids is 1. The van der Waals surface area contributed by atoms with E-state index in [0.29, 0.717) is 35.4 Å². The van der Waals surface area contributed by atoms with Crippen LogP contribution in [0.5, 0.6) is 11.5 Å². The molecule has 1 aliphatic rings. The molecule has 154 valence electrons. The number of methoxy groups -OCH3 is 1. The van der Waals surface area contributed by atoms with E-state index in [0.717, 1.165) is 6.42 Å². The predicted molar refractivity (Wildman–Crippen MR) is 104 cm³/mol. The van der Waals surface area contributed by atoms with Crippen molar-refractivity contribution in [2.24, 2.45) is 17.8 Å². The van der Waals surface area contributed by atoms with Crippen molar-refractivity contribution < 1.29 is 29.6 Å². The van der Waals surface area contributed by atoms with E-state index < -0.39 is 6.10 Å². The van der Waals surface area contributed by atoms with Gasteiger partial charge in [0.05, 0.1) is 26.4 Å². The third-order valence-electron chi connectivity index (χ3n) is 5.01. The molecule has 0 bridgehead atoms. The lowest BCUT2D eigenvalue weighted by molar-refractivity contribution is -0.0776. The molecule has 0 amide bonds. The molecule has 0 aromatic heterocycles. The molecule has 2 rings (SSSR count). The Morgan fingerprint density at radius 1 is 1.30 bits per heavy atom. The average molecular weight is 382 g/mol. The first-order chi connectivity index (χ1) is 12.8. The molecule has 1 aromatic carbocycles. The minimum Gasteiger partial charge on any atom is -0.504 e. The van der Waals surface area contributed by atoms with Gasteiger partial charge in [0.15, 0.2) is 11.5 Å². The van der Waals surface area contributed by atoms with Gasteiger partial charge in [-0.3, -0.25) is 4.79 Å². The number of aliphatic hydroxyl groups excluding tert-OH is 2. The van der Waals surface area contributed by atoms with E-state index in [4.69, 9.17) is 19.7 Å². The van der Waals surface area contributed by atoms with E-state index in [1.54, 1.807) is 0 Å². The van der Waals surface area contributed by atoms with E-state index >= 15 is 0 Å². The fourth-order valence-electron chi connectivity index (χ4n) is 3.36. The maximum absolute atomic E-state index is 10.2. The van der Waals surface area contributed by atoms with Gasteiger partial charge >= 0.3 is 0 Å². The Kier molecular flexibility index (Phi) is 10.4. The summed E-state index contributed by atoms with van der Waals surface area (Å²) < 4.78 is 10.5. The number of carbonyl (C=O) groups is 1. The van der Waals surface area contributed by atoms with Gasteiger partial charge in [-0.15, -0.1) is 0 Å². The van der Waals surface area contributed by atoms with Crippen molar-refractivity contribution in [2.75, 3.05) is 20.3 Å². The smallest absolute Gasteiger partial charge is 0.161 e. The van der Waals surface area contributed by atoms with E-state index in [9.17, 15) is 9.90 Å². The fraction of sp³-hybridized carbons (Fsp3) is 0.667. The lowest BCUT2D eigenvalue weighted by atomic mass is 9.75. The molecule has 4 atom stereocenters. The maximum atomic E-state index is 10.2. The van der Waals surface area contributed by atoms with Crippen molar-refractivity contribution in [3.63, 3.8) is 0 Å². The number of aromatic hydroxyl groups is 1. The van der Waals surface area contributed by atoms with Crippen LogP contribution in [-0.2, 0) is 4.74 Å². The minimum atomic E-state index is -0.731. The number of aliphatic hydroxyl groups is 2. The van der Waals surface area contributed by atoms with Crippen molar-refractivity contribution in [1.29, 1.82) is 0 Å². The lowest BCUT2D eigenvalue weighted by Crippen LogP contribution is -2.36. The van der Waals surface area contributed by atoms with Gasteiger partial charge in [0, 0.05) is 5.56 Å². The zero-order chi connectivity index (χ0) is 20.4. The Morgan fingerprint density at radius 3 is 2.56 bits per heavy atom. The quantitative estimate of drug-likeness (QED) is 0.627. The third-order valence-corrected chi connectivity index (χ3v) is 5.01. The monoisotopic (exact) mass is 382 g/mol. The maximum Gasteiger partial charge on any atom is 0.161 e. The number of hydrogen-bond acceptors (Lipinski definition) is 6. The van der Waals surface area contributed by atoms with E-state index in [1.807, 2.05) is 0 Å². The van der Waals surface area contributed by atoms with Crippen LogP contribution in [0.2, 0.25) is 0 Å². The zero-order valence-corrected chi connectivity index (χ0v) is 16.8. The second-order valence-corrected chi connectivity index (χ2v) is 7.58. The summed E-state index contributed by atoms with van der Waals surface area (Å²) in [7, 11) is 1.43. The normalized spacial score (nSPS) is 23.3. The molecule has 0 spiro atoms. The molecule has 1 aliphatic carbocycles. The second kappa shape index (κ2) is 12.0. The van der Waals surface area contributed by atoms with Crippen LogP contribution in [0.3, 0.4) is 0 Å². The van der Waals surface area contributed by atoms with E-state index in [-0.39, 0.29) is 25.1 Å². The summed E-state index contributed by atoms with van der Waals surface area (Å²) in [6, 6.07) is 4.41.